The average Bonchev–Trinajstić information content (AvgIpc) is 2.36. The molecule has 6 heteroatoms. The number of aromatic hydroxyl groups is 2. The molecule has 0 radical (unpaired) electrons. The minimum Gasteiger partial charge on any atom is -0.508 e. The van der Waals surface area contributed by atoms with E-state index in [-0.39, 0.29) is 17.2 Å². The maximum Gasteiger partial charge on any atom is 0.255 e. The van der Waals surface area contributed by atoms with Crippen LogP contribution in [0.1, 0.15) is 10.4 Å². The standard InChI is InChI=1S/C13H11BrN2O3/c14-9-3-1-7(5-12(9)18)13(19)16-11-4-2-8(17)6-10(11)15/h1-6,17-18H,15H2,(H,16,19). The van der Waals surface area contributed by atoms with Crippen molar-refractivity contribution in [1.29, 1.82) is 0 Å². The Kier molecular flexibility index (Phi) is 3.62. The summed E-state index contributed by atoms with van der Waals surface area (Å²) in [4.78, 5) is 12.0. The fourth-order valence-electron chi connectivity index (χ4n) is 1.51. The summed E-state index contributed by atoms with van der Waals surface area (Å²) in [6, 6.07) is 8.75. The van der Waals surface area contributed by atoms with Gasteiger partial charge in [0.15, 0.2) is 0 Å². The topological polar surface area (TPSA) is 95.6 Å². The van der Waals surface area contributed by atoms with E-state index in [4.69, 9.17) is 5.73 Å². The maximum atomic E-state index is 12.0. The van der Waals surface area contributed by atoms with E-state index < -0.39 is 5.91 Å². The van der Waals surface area contributed by atoms with E-state index in [0.29, 0.717) is 15.7 Å². The molecule has 0 fully saturated rings. The van der Waals surface area contributed by atoms with Crippen LogP contribution in [0.15, 0.2) is 40.9 Å². The molecular formula is C13H11BrN2O3. The molecule has 19 heavy (non-hydrogen) atoms. The minimum absolute atomic E-state index is 0.0219. The highest BCUT2D eigenvalue weighted by atomic mass is 79.9. The zero-order chi connectivity index (χ0) is 14.0. The molecule has 0 saturated heterocycles. The molecule has 0 heterocycles. The number of anilines is 2. The SMILES string of the molecule is Nc1cc(O)ccc1NC(=O)c1ccc(Br)c(O)c1. The maximum absolute atomic E-state index is 12.0. The summed E-state index contributed by atoms with van der Waals surface area (Å²) in [5.41, 5.74) is 6.62. The summed E-state index contributed by atoms with van der Waals surface area (Å²) in [5.74, 6) is -0.400. The van der Waals surface area contributed by atoms with Crippen LogP contribution in [-0.2, 0) is 0 Å². The van der Waals surface area contributed by atoms with Crippen LogP contribution in [-0.4, -0.2) is 16.1 Å². The van der Waals surface area contributed by atoms with Crippen molar-refractivity contribution in [2.75, 3.05) is 11.1 Å². The number of nitrogens with one attached hydrogen (secondary N) is 1. The van der Waals surface area contributed by atoms with Gasteiger partial charge in [-0.25, -0.2) is 0 Å². The Morgan fingerprint density at radius 2 is 1.89 bits per heavy atom. The molecule has 0 bridgehead atoms. The van der Waals surface area contributed by atoms with E-state index in [0.717, 1.165) is 0 Å². The number of carbonyl (C=O) groups is 1. The predicted octanol–water partition coefficient (Wildman–Crippen LogP) is 2.69. The molecule has 2 aromatic rings. The van der Waals surface area contributed by atoms with Crippen molar-refractivity contribution in [1.82, 2.24) is 0 Å². The molecule has 0 aliphatic rings. The molecular weight excluding hydrogens is 312 g/mol. The second-order valence-electron chi connectivity index (χ2n) is 3.89. The van der Waals surface area contributed by atoms with Crippen molar-refractivity contribution in [3.05, 3.63) is 46.4 Å². The second kappa shape index (κ2) is 5.19. The fourth-order valence-corrected chi connectivity index (χ4v) is 1.76. The molecule has 0 aliphatic heterocycles. The average molecular weight is 323 g/mol. The zero-order valence-electron chi connectivity index (χ0n) is 9.72. The van der Waals surface area contributed by atoms with Gasteiger partial charge < -0.3 is 21.3 Å². The van der Waals surface area contributed by atoms with E-state index in [2.05, 4.69) is 21.2 Å². The minimum atomic E-state index is -0.403. The fraction of sp³-hybridized carbons (Fsp3) is 0. The first kappa shape index (κ1) is 13.2. The largest absolute Gasteiger partial charge is 0.508 e. The Bertz CT molecular complexity index is 644. The highest BCUT2D eigenvalue weighted by Gasteiger charge is 2.10. The number of carbonyl (C=O) groups excluding carboxylic acids is 1. The number of amides is 1. The summed E-state index contributed by atoms with van der Waals surface area (Å²) < 4.78 is 0.508. The van der Waals surface area contributed by atoms with Crippen LogP contribution in [0.5, 0.6) is 11.5 Å². The van der Waals surface area contributed by atoms with Gasteiger partial charge in [0, 0.05) is 11.6 Å². The Morgan fingerprint density at radius 3 is 2.53 bits per heavy atom. The number of rotatable bonds is 2. The van der Waals surface area contributed by atoms with Crippen LogP contribution >= 0.6 is 15.9 Å². The predicted molar refractivity (Wildman–Crippen MR) is 76.3 cm³/mol. The quantitative estimate of drug-likeness (QED) is 0.505. The molecule has 2 aromatic carbocycles. The molecule has 0 unspecified atom stereocenters. The molecule has 2 rings (SSSR count). The van der Waals surface area contributed by atoms with Gasteiger partial charge >= 0.3 is 0 Å². The van der Waals surface area contributed by atoms with Gasteiger partial charge in [-0.15, -0.1) is 0 Å². The normalized spacial score (nSPS) is 10.2. The third-order valence-corrected chi connectivity index (χ3v) is 3.16. The lowest BCUT2D eigenvalue weighted by Gasteiger charge is -2.09. The molecule has 5 N–H and O–H groups in total. The monoisotopic (exact) mass is 322 g/mol. The van der Waals surface area contributed by atoms with E-state index in [1.807, 2.05) is 0 Å². The van der Waals surface area contributed by atoms with E-state index >= 15 is 0 Å². The number of halogens is 1. The van der Waals surface area contributed by atoms with Crippen LogP contribution in [0.3, 0.4) is 0 Å². The molecule has 0 aromatic heterocycles. The first-order valence-corrected chi connectivity index (χ1v) is 6.15. The van der Waals surface area contributed by atoms with Crippen molar-refractivity contribution in [3.8, 4) is 11.5 Å². The van der Waals surface area contributed by atoms with Gasteiger partial charge in [0.25, 0.3) is 5.91 Å². The third kappa shape index (κ3) is 2.97. The smallest absolute Gasteiger partial charge is 0.255 e. The number of benzene rings is 2. The molecule has 98 valence electrons. The second-order valence-corrected chi connectivity index (χ2v) is 4.75. The van der Waals surface area contributed by atoms with Gasteiger partial charge in [0.1, 0.15) is 11.5 Å². The summed E-state index contributed by atoms with van der Waals surface area (Å²) >= 11 is 3.14. The number of phenols is 2. The molecule has 5 nitrogen and oxygen atoms in total. The number of phenolic OH excluding ortho intramolecular Hbond substituents is 2. The first-order chi connectivity index (χ1) is 8.97. The summed E-state index contributed by atoms with van der Waals surface area (Å²) in [6.07, 6.45) is 0. The Balaban J connectivity index is 2.23. The van der Waals surface area contributed by atoms with Crippen molar-refractivity contribution in [2.45, 2.75) is 0 Å². The Hall–Kier alpha value is -2.21. The number of nitrogens with two attached hydrogens (primary N) is 1. The molecule has 0 saturated carbocycles. The van der Waals surface area contributed by atoms with Crippen molar-refractivity contribution < 1.29 is 15.0 Å². The van der Waals surface area contributed by atoms with Gasteiger partial charge in [-0.1, -0.05) is 0 Å². The van der Waals surface area contributed by atoms with Crippen LogP contribution in [0.4, 0.5) is 11.4 Å². The zero-order valence-corrected chi connectivity index (χ0v) is 11.3. The van der Waals surface area contributed by atoms with Crippen LogP contribution in [0.25, 0.3) is 0 Å². The highest BCUT2D eigenvalue weighted by Crippen LogP contribution is 2.26. The van der Waals surface area contributed by atoms with E-state index in [1.54, 1.807) is 12.1 Å². The summed E-state index contributed by atoms with van der Waals surface area (Å²) in [7, 11) is 0. The van der Waals surface area contributed by atoms with Crippen LogP contribution in [0, 0.1) is 0 Å². The van der Waals surface area contributed by atoms with Gasteiger partial charge in [-0.05, 0) is 46.3 Å². The van der Waals surface area contributed by atoms with Gasteiger partial charge in [0.05, 0.1) is 15.8 Å². The van der Waals surface area contributed by atoms with Crippen LogP contribution < -0.4 is 11.1 Å². The van der Waals surface area contributed by atoms with Gasteiger partial charge in [-0.2, -0.15) is 0 Å². The lowest BCUT2D eigenvalue weighted by atomic mass is 10.2. The first-order valence-electron chi connectivity index (χ1n) is 5.36. The van der Waals surface area contributed by atoms with Crippen molar-refractivity contribution in [2.24, 2.45) is 0 Å². The lowest BCUT2D eigenvalue weighted by molar-refractivity contribution is 0.102. The molecule has 1 amide bonds. The number of nitrogen functional groups attached to an aromatic ring is 1. The highest BCUT2D eigenvalue weighted by molar-refractivity contribution is 9.10. The summed E-state index contributed by atoms with van der Waals surface area (Å²) in [6.45, 7) is 0. The van der Waals surface area contributed by atoms with Crippen molar-refractivity contribution in [3.63, 3.8) is 0 Å². The van der Waals surface area contributed by atoms with Crippen molar-refractivity contribution >= 4 is 33.2 Å². The molecule has 0 atom stereocenters. The van der Waals surface area contributed by atoms with Crippen LogP contribution in [0.2, 0.25) is 0 Å². The number of hydrogen-bond acceptors (Lipinski definition) is 4. The number of hydrogen-bond donors (Lipinski definition) is 4. The van der Waals surface area contributed by atoms with Gasteiger partial charge in [-0.3, -0.25) is 4.79 Å². The molecule has 0 aliphatic carbocycles. The van der Waals surface area contributed by atoms with E-state index in [9.17, 15) is 15.0 Å². The lowest BCUT2D eigenvalue weighted by Crippen LogP contribution is -2.13. The summed E-state index contributed by atoms with van der Waals surface area (Å²) in [5, 5.41) is 21.3. The van der Waals surface area contributed by atoms with Gasteiger partial charge in [0.2, 0.25) is 0 Å². The molecule has 0 spiro atoms. The Labute approximate surface area is 117 Å². The van der Waals surface area contributed by atoms with E-state index in [1.165, 1.54) is 24.3 Å². The third-order valence-electron chi connectivity index (χ3n) is 2.49. The Morgan fingerprint density at radius 1 is 1.16 bits per heavy atom.